The number of rotatable bonds is 2. The summed E-state index contributed by atoms with van der Waals surface area (Å²) in [5.74, 6) is 0. The van der Waals surface area contributed by atoms with Gasteiger partial charge in [0.05, 0.1) is 5.69 Å². The van der Waals surface area contributed by atoms with Crippen LogP contribution in [-0.2, 0) is 0 Å². The summed E-state index contributed by atoms with van der Waals surface area (Å²) in [7, 11) is 0. The van der Waals surface area contributed by atoms with Gasteiger partial charge in [-0.05, 0) is 17.7 Å². The zero-order valence-electron chi connectivity index (χ0n) is 5.75. The van der Waals surface area contributed by atoms with E-state index < -0.39 is 0 Å². The highest BCUT2D eigenvalue weighted by Gasteiger charge is 1.90. The molecule has 1 aromatic heterocycles. The van der Waals surface area contributed by atoms with E-state index in [2.05, 4.69) is 18.1 Å². The zero-order valence-corrected chi connectivity index (χ0v) is 5.75. The molecule has 0 aliphatic carbocycles. The van der Waals surface area contributed by atoms with Crippen LogP contribution >= 0.6 is 0 Å². The van der Waals surface area contributed by atoms with Crippen molar-refractivity contribution in [2.24, 2.45) is 0 Å². The van der Waals surface area contributed by atoms with Gasteiger partial charge in [0.1, 0.15) is 0 Å². The van der Waals surface area contributed by atoms with Crippen LogP contribution in [-0.4, -0.2) is 4.98 Å². The monoisotopic (exact) mass is 131 g/mol. The van der Waals surface area contributed by atoms with Crippen molar-refractivity contribution in [3.63, 3.8) is 0 Å². The Morgan fingerprint density at radius 1 is 1.50 bits per heavy atom. The molecule has 0 aliphatic rings. The Hall–Kier alpha value is -1.37. The van der Waals surface area contributed by atoms with Crippen LogP contribution < -0.4 is 0 Å². The molecule has 10 heavy (non-hydrogen) atoms. The van der Waals surface area contributed by atoms with Gasteiger partial charge in [-0.3, -0.25) is 4.98 Å². The molecule has 1 heterocycles. The molecule has 0 bridgehead atoms. The molecule has 0 radical (unpaired) electrons. The van der Waals surface area contributed by atoms with Crippen LogP contribution in [0.3, 0.4) is 0 Å². The Morgan fingerprint density at radius 3 is 2.80 bits per heavy atom. The number of allylic oxidation sites excluding steroid dienone is 2. The molecule has 0 N–H and O–H groups in total. The van der Waals surface area contributed by atoms with E-state index in [-0.39, 0.29) is 0 Å². The molecule has 0 aliphatic heterocycles. The Labute approximate surface area is 60.7 Å². The molecule has 0 spiro atoms. The Morgan fingerprint density at radius 2 is 2.30 bits per heavy atom. The molecule has 1 aromatic rings. The Bertz CT molecular complexity index is 236. The van der Waals surface area contributed by atoms with Gasteiger partial charge in [0, 0.05) is 6.20 Å². The third-order valence-electron chi connectivity index (χ3n) is 1.24. The summed E-state index contributed by atoms with van der Waals surface area (Å²) in [4.78, 5) is 4.08. The number of hydrogen-bond acceptors (Lipinski definition) is 1. The van der Waals surface area contributed by atoms with Crippen molar-refractivity contribution >= 4 is 5.57 Å². The van der Waals surface area contributed by atoms with Crippen LogP contribution in [0.4, 0.5) is 0 Å². The lowest BCUT2D eigenvalue weighted by atomic mass is 10.2. The van der Waals surface area contributed by atoms with Gasteiger partial charge in [0.15, 0.2) is 0 Å². The maximum absolute atomic E-state index is 4.08. The summed E-state index contributed by atoms with van der Waals surface area (Å²) in [5.41, 5.74) is 1.75. The first-order valence-electron chi connectivity index (χ1n) is 3.07. The minimum atomic E-state index is 0.862. The van der Waals surface area contributed by atoms with Crippen molar-refractivity contribution in [1.82, 2.24) is 4.98 Å². The molecule has 50 valence electrons. The highest BCUT2D eigenvalue weighted by atomic mass is 14.7. The molecule has 1 rings (SSSR count). The standard InChI is InChI=1S/C9H9N/c1-3-8(2)9-6-4-5-7-10-9/h3-7H,1-2H2. The largest absolute Gasteiger partial charge is 0.256 e. The number of nitrogens with zero attached hydrogens (tertiary/aromatic N) is 1. The van der Waals surface area contributed by atoms with E-state index in [9.17, 15) is 0 Å². The summed E-state index contributed by atoms with van der Waals surface area (Å²) in [6.07, 6.45) is 3.44. The summed E-state index contributed by atoms with van der Waals surface area (Å²) in [5, 5.41) is 0. The van der Waals surface area contributed by atoms with Gasteiger partial charge in [-0.2, -0.15) is 0 Å². The van der Waals surface area contributed by atoms with Gasteiger partial charge in [-0.15, -0.1) is 0 Å². The Balaban J connectivity index is 2.95. The molecule has 1 heteroatoms. The van der Waals surface area contributed by atoms with Crippen LogP contribution in [0.5, 0.6) is 0 Å². The molecule has 0 saturated heterocycles. The molecule has 0 amide bonds. The van der Waals surface area contributed by atoms with E-state index in [4.69, 9.17) is 0 Å². The van der Waals surface area contributed by atoms with Crippen molar-refractivity contribution < 1.29 is 0 Å². The van der Waals surface area contributed by atoms with Crippen LogP contribution in [0.25, 0.3) is 5.57 Å². The summed E-state index contributed by atoms with van der Waals surface area (Å²) >= 11 is 0. The zero-order chi connectivity index (χ0) is 7.40. The average Bonchev–Trinajstić information content (AvgIpc) is 2.05. The lowest BCUT2D eigenvalue weighted by Gasteiger charge is -1.95. The predicted octanol–water partition coefficient (Wildman–Crippen LogP) is 2.28. The van der Waals surface area contributed by atoms with Crippen LogP contribution in [0.1, 0.15) is 5.69 Å². The van der Waals surface area contributed by atoms with Crippen molar-refractivity contribution in [1.29, 1.82) is 0 Å². The molecule has 1 nitrogen and oxygen atoms in total. The predicted molar refractivity (Wildman–Crippen MR) is 43.5 cm³/mol. The van der Waals surface area contributed by atoms with Gasteiger partial charge in [-0.1, -0.05) is 25.3 Å². The smallest absolute Gasteiger partial charge is 0.0695 e. The number of pyridine rings is 1. The topological polar surface area (TPSA) is 12.9 Å². The quantitative estimate of drug-likeness (QED) is 0.561. The van der Waals surface area contributed by atoms with Crippen molar-refractivity contribution in [3.8, 4) is 0 Å². The highest BCUT2D eigenvalue weighted by molar-refractivity contribution is 5.68. The molecule has 0 fully saturated rings. The van der Waals surface area contributed by atoms with Crippen LogP contribution in [0.2, 0.25) is 0 Å². The molecule has 0 aromatic carbocycles. The van der Waals surface area contributed by atoms with Crippen LogP contribution in [0.15, 0.2) is 43.6 Å². The lowest BCUT2D eigenvalue weighted by Crippen LogP contribution is -1.81. The molecule has 0 unspecified atom stereocenters. The van der Waals surface area contributed by atoms with E-state index in [0.717, 1.165) is 11.3 Å². The van der Waals surface area contributed by atoms with Gasteiger partial charge in [0.25, 0.3) is 0 Å². The van der Waals surface area contributed by atoms with Gasteiger partial charge in [0.2, 0.25) is 0 Å². The lowest BCUT2D eigenvalue weighted by molar-refractivity contribution is 1.28. The summed E-state index contributed by atoms with van der Waals surface area (Å²) in [6, 6.07) is 5.71. The fraction of sp³-hybridized carbons (Fsp3) is 0. The first-order valence-corrected chi connectivity index (χ1v) is 3.07. The van der Waals surface area contributed by atoms with Gasteiger partial charge < -0.3 is 0 Å². The number of aromatic nitrogens is 1. The maximum atomic E-state index is 4.08. The van der Waals surface area contributed by atoms with E-state index in [1.807, 2.05) is 18.2 Å². The number of hydrogen-bond donors (Lipinski definition) is 0. The van der Waals surface area contributed by atoms with E-state index in [0.29, 0.717) is 0 Å². The maximum Gasteiger partial charge on any atom is 0.0695 e. The van der Waals surface area contributed by atoms with E-state index in [1.165, 1.54) is 0 Å². The fourth-order valence-electron chi connectivity index (χ4n) is 0.657. The average molecular weight is 131 g/mol. The minimum absolute atomic E-state index is 0.862. The molecular weight excluding hydrogens is 122 g/mol. The van der Waals surface area contributed by atoms with Gasteiger partial charge >= 0.3 is 0 Å². The SMILES string of the molecule is C=CC(=C)c1ccccn1. The van der Waals surface area contributed by atoms with Gasteiger partial charge in [-0.25, -0.2) is 0 Å². The normalized spacial score (nSPS) is 8.80. The highest BCUT2D eigenvalue weighted by Crippen LogP contribution is 2.07. The third-order valence-corrected chi connectivity index (χ3v) is 1.24. The van der Waals surface area contributed by atoms with E-state index in [1.54, 1.807) is 12.3 Å². The molecule has 0 atom stereocenters. The third kappa shape index (κ3) is 1.32. The Kier molecular flexibility index (Phi) is 2.00. The molecule has 0 saturated carbocycles. The van der Waals surface area contributed by atoms with E-state index >= 15 is 0 Å². The fourth-order valence-corrected chi connectivity index (χ4v) is 0.657. The second-order valence-electron chi connectivity index (χ2n) is 1.94. The first kappa shape index (κ1) is 6.75. The summed E-state index contributed by atoms with van der Waals surface area (Å²) < 4.78 is 0. The van der Waals surface area contributed by atoms with Crippen molar-refractivity contribution in [3.05, 3.63) is 49.3 Å². The first-order chi connectivity index (χ1) is 4.84. The second kappa shape index (κ2) is 2.97. The van der Waals surface area contributed by atoms with Crippen LogP contribution in [0, 0.1) is 0 Å². The van der Waals surface area contributed by atoms with Crippen molar-refractivity contribution in [2.75, 3.05) is 0 Å². The minimum Gasteiger partial charge on any atom is -0.256 e. The summed E-state index contributed by atoms with van der Waals surface area (Å²) in [6.45, 7) is 7.36. The molecular formula is C9H9N. The van der Waals surface area contributed by atoms with Crippen molar-refractivity contribution in [2.45, 2.75) is 0 Å². The second-order valence-corrected chi connectivity index (χ2v) is 1.94.